The standard InChI is InChI=1S/C13H13FN2O3/c1-7-11(13(19)16(2)6-10(17)18)12-8(14)4-3-5-9(12)15-7/h3-5,15H,6H2,1-2H3,(H,17,18). The minimum atomic E-state index is -1.12. The van der Waals surface area contributed by atoms with Crippen molar-refractivity contribution in [2.45, 2.75) is 6.92 Å². The van der Waals surface area contributed by atoms with E-state index in [4.69, 9.17) is 5.11 Å². The van der Waals surface area contributed by atoms with Gasteiger partial charge in [0.1, 0.15) is 12.4 Å². The van der Waals surface area contributed by atoms with Crippen molar-refractivity contribution in [1.29, 1.82) is 0 Å². The van der Waals surface area contributed by atoms with Crippen LogP contribution in [0, 0.1) is 12.7 Å². The van der Waals surface area contributed by atoms with Gasteiger partial charge in [0, 0.05) is 23.6 Å². The number of carboxylic acid groups (broad SMARTS) is 1. The van der Waals surface area contributed by atoms with E-state index in [0.29, 0.717) is 11.2 Å². The van der Waals surface area contributed by atoms with Crippen LogP contribution < -0.4 is 0 Å². The average Bonchev–Trinajstić information content (AvgIpc) is 2.65. The third kappa shape index (κ3) is 2.29. The van der Waals surface area contributed by atoms with Gasteiger partial charge in [-0.1, -0.05) is 6.07 Å². The molecule has 0 fully saturated rings. The van der Waals surface area contributed by atoms with E-state index in [9.17, 15) is 14.0 Å². The number of carbonyl (C=O) groups excluding carboxylic acids is 1. The number of aliphatic carboxylic acids is 1. The second-order valence-electron chi connectivity index (χ2n) is 4.34. The van der Waals surface area contributed by atoms with Crippen LogP contribution in [0.15, 0.2) is 18.2 Å². The Labute approximate surface area is 108 Å². The third-order valence-corrected chi connectivity index (χ3v) is 2.89. The number of nitrogens with one attached hydrogen (secondary N) is 1. The van der Waals surface area contributed by atoms with Crippen LogP contribution >= 0.6 is 0 Å². The lowest BCUT2D eigenvalue weighted by Crippen LogP contribution is -2.32. The largest absolute Gasteiger partial charge is 0.480 e. The van der Waals surface area contributed by atoms with Crippen LogP contribution in [-0.4, -0.2) is 40.5 Å². The number of nitrogens with zero attached hydrogens (tertiary/aromatic N) is 1. The predicted molar refractivity (Wildman–Crippen MR) is 67.6 cm³/mol. The zero-order chi connectivity index (χ0) is 14.2. The molecule has 2 N–H and O–H groups in total. The molecule has 0 aliphatic carbocycles. The Balaban J connectivity index is 2.53. The van der Waals surface area contributed by atoms with Crippen LogP contribution in [0.25, 0.3) is 10.9 Å². The quantitative estimate of drug-likeness (QED) is 0.887. The van der Waals surface area contributed by atoms with Crippen LogP contribution in [-0.2, 0) is 4.79 Å². The van der Waals surface area contributed by atoms with E-state index in [-0.39, 0.29) is 10.9 Å². The summed E-state index contributed by atoms with van der Waals surface area (Å²) < 4.78 is 13.8. The molecule has 5 nitrogen and oxygen atoms in total. The number of aromatic nitrogens is 1. The van der Waals surface area contributed by atoms with Crippen LogP contribution in [0.2, 0.25) is 0 Å². The molecule has 0 atom stereocenters. The molecule has 0 unspecified atom stereocenters. The highest BCUT2D eigenvalue weighted by Crippen LogP contribution is 2.25. The Morgan fingerprint density at radius 1 is 1.42 bits per heavy atom. The maximum absolute atomic E-state index is 13.8. The van der Waals surface area contributed by atoms with Gasteiger partial charge in [0.25, 0.3) is 5.91 Å². The molecule has 0 aliphatic heterocycles. The van der Waals surface area contributed by atoms with E-state index in [0.717, 1.165) is 4.90 Å². The second-order valence-corrected chi connectivity index (χ2v) is 4.34. The molecule has 0 bridgehead atoms. The van der Waals surface area contributed by atoms with Crippen LogP contribution in [0.3, 0.4) is 0 Å². The summed E-state index contributed by atoms with van der Waals surface area (Å²) in [4.78, 5) is 26.8. The summed E-state index contributed by atoms with van der Waals surface area (Å²) in [6, 6.07) is 4.48. The Hall–Kier alpha value is -2.37. The summed E-state index contributed by atoms with van der Waals surface area (Å²) in [7, 11) is 1.37. The number of hydrogen-bond donors (Lipinski definition) is 2. The van der Waals surface area contributed by atoms with Gasteiger partial charge >= 0.3 is 5.97 Å². The lowest BCUT2D eigenvalue weighted by atomic mass is 10.1. The molecule has 0 saturated heterocycles. The second kappa shape index (κ2) is 4.72. The summed E-state index contributed by atoms with van der Waals surface area (Å²) in [6.07, 6.45) is 0. The van der Waals surface area contributed by atoms with E-state index < -0.39 is 24.2 Å². The smallest absolute Gasteiger partial charge is 0.323 e. The van der Waals surface area contributed by atoms with Gasteiger partial charge in [0.15, 0.2) is 0 Å². The van der Waals surface area contributed by atoms with Gasteiger partial charge < -0.3 is 15.0 Å². The Bertz CT molecular complexity index is 663. The van der Waals surface area contributed by atoms with E-state index in [1.165, 1.54) is 13.1 Å². The maximum atomic E-state index is 13.8. The maximum Gasteiger partial charge on any atom is 0.323 e. The number of carboxylic acids is 1. The molecule has 2 aromatic rings. The Morgan fingerprint density at radius 3 is 2.74 bits per heavy atom. The predicted octanol–water partition coefficient (Wildman–Crippen LogP) is 1.77. The van der Waals surface area contributed by atoms with E-state index in [1.54, 1.807) is 19.1 Å². The number of amides is 1. The number of aryl methyl sites for hydroxylation is 1. The van der Waals surface area contributed by atoms with Crippen molar-refractivity contribution in [1.82, 2.24) is 9.88 Å². The molecule has 1 heterocycles. The molecule has 2 rings (SSSR count). The molecule has 1 aromatic carbocycles. The Kier molecular flexibility index (Phi) is 3.25. The van der Waals surface area contributed by atoms with Gasteiger partial charge in [-0.25, -0.2) is 4.39 Å². The highest BCUT2D eigenvalue weighted by Gasteiger charge is 2.22. The van der Waals surface area contributed by atoms with Gasteiger partial charge in [-0.2, -0.15) is 0 Å². The minimum Gasteiger partial charge on any atom is -0.480 e. The molecule has 1 amide bonds. The number of aromatic amines is 1. The Morgan fingerprint density at radius 2 is 2.11 bits per heavy atom. The third-order valence-electron chi connectivity index (χ3n) is 2.89. The van der Waals surface area contributed by atoms with Crippen LogP contribution in [0.5, 0.6) is 0 Å². The topological polar surface area (TPSA) is 73.4 Å². The fourth-order valence-corrected chi connectivity index (χ4v) is 2.07. The number of hydrogen-bond acceptors (Lipinski definition) is 2. The lowest BCUT2D eigenvalue weighted by Gasteiger charge is -2.14. The zero-order valence-corrected chi connectivity index (χ0v) is 10.5. The van der Waals surface area contributed by atoms with Crippen molar-refractivity contribution >= 4 is 22.8 Å². The molecule has 1 aromatic heterocycles. The first-order valence-electron chi connectivity index (χ1n) is 5.66. The van der Waals surface area contributed by atoms with Gasteiger partial charge in [0.05, 0.1) is 5.56 Å². The summed E-state index contributed by atoms with van der Waals surface area (Å²) in [5.74, 6) is -2.14. The number of rotatable bonds is 3. The average molecular weight is 264 g/mol. The monoisotopic (exact) mass is 264 g/mol. The first kappa shape index (κ1) is 13.1. The SMILES string of the molecule is Cc1[nH]c2cccc(F)c2c1C(=O)N(C)CC(=O)O. The molecule has 19 heavy (non-hydrogen) atoms. The van der Waals surface area contributed by atoms with Crippen LogP contribution in [0.1, 0.15) is 16.1 Å². The minimum absolute atomic E-state index is 0.178. The van der Waals surface area contributed by atoms with Gasteiger partial charge in [0.2, 0.25) is 0 Å². The van der Waals surface area contributed by atoms with Crippen molar-refractivity contribution in [3.8, 4) is 0 Å². The van der Waals surface area contributed by atoms with Gasteiger partial charge in [-0.3, -0.25) is 9.59 Å². The summed E-state index contributed by atoms with van der Waals surface area (Å²) in [5, 5.41) is 8.89. The summed E-state index contributed by atoms with van der Waals surface area (Å²) in [6.45, 7) is 1.22. The molecule has 100 valence electrons. The normalized spacial score (nSPS) is 10.7. The zero-order valence-electron chi connectivity index (χ0n) is 10.5. The fraction of sp³-hybridized carbons (Fsp3) is 0.231. The van der Waals surface area contributed by atoms with E-state index >= 15 is 0 Å². The molecule has 6 heteroatoms. The molecular weight excluding hydrogens is 251 g/mol. The van der Waals surface area contributed by atoms with Crippen molar-refractivity contribution in [2.24, 2.45) is 0 Å². The van der Waals surface area contributed by atoms with E-state index in [1.807, 2.05) is 0 Å². The molecule has 0 spiro atoms. The van der Waals surface area contributed by atoms with Gasteiger partial charge in [-0.15, -0.1) is 0 Å². The first-order valence-corrected chi connectivity index (χ1v) is 5.66. The molecular formula is C13H13FN2O3. The summed E-state index contributed by atoms with van der Waals surface area (Å²) >= 11 is 0. The van der Waals surface area contributed by atoms with Crippen LogP contribution in [0.4, 0.5) is 4.39 Å². The lowest BCUT2D eigenvalue weighted by molar-refractivity contribution is -0.137. The number of likely N-dealkylation sites (N-methyl/N-ethyl adjacent to an activating group) is 1. The first-order chi connectivity index (χ1) is 8.91. The number of benzene rings is 1. The number of H-pyrrole nitrogens is 1. The highest BCUT2D eigenvalue weighted by molar-refractivity contribution is 6.08. The highest BCUT2D eigenvalue weighted by atomic mass is 19.1. The molecule has 0 saturated carbocycles. The molecule has 0 radical (unpaired) electrons. The summed E-state index contributed by atoms with van der Waals surface area (Å²) in [5.41, 5.74) is 1.21. The number of fused-ring (bicyclic) bond motifs is 1. The number of carbonyl (C=O) groups is 2. The number of halogens is 1. The fourth-order valence-electron chi connectivity index (χ4n) is 2.07. The van der Waals surface area contributed by atoms with Crippen molar-refractivity contribution in [3.63, 3.8) is 0 Å². The van der Waals surface area contributed by atoms with Crippen molar-refractivity contribution < 1.29 is 19.1 Å². The van der Waals surface area contributed by atoms with Gasteiger partial charge in [-0.05, 0) is 19.1 Å². The van der Waals surface area contributed by atoms with Crippen molar-refractivity contribution in [2.75, 3.05) is 13.6 Å². The molecule has 0 aliphatic rings. The van der Waals surface area contributed by atoms with Crippen molar-refractivity contribution in [3.05, 3.63) is 35.3 Å². The van der Waals surface area contributed by atoms with E-state index in [2.05, 4.69) is 4.98 Å².